The molecule has 3 rings (SSSR count). The molecule has 6 heteroatoms. The highest BCUT2D eigenvalue weighted by Crippen LogP contribution is 2.26. The number of amides is 1. The van der Waals surface area contributed by atoms with E-state index < -0.39 is 5.91 Å². The number of morpholine rings is 1. The van der Waals surface area contributed by atoms with Gasteiger partial charge in [-0.25, -0.2) is 0 Å². The van der Waals surface area contributed by atoms with E-state index in [2.05, 4.69) is 11.0 Å². The lowest BCUT2D eigenvalue weighted by Crippen LogP contribution is -2.49. The van der Waals surface area contributed by atoms with E-state index in [4.69, 9.17) is 15.2 Å². The lowest BCUT2D eigenvalue weighted by atomic mass is 9.96. The van der Waals surface area contributed by atoms with Gasteiger partial charge in [-0.3, -0.25) is 14.5 Å². The van der Waals surface area contributed by atoms with Crippen molar-refractivity contribution in [2.45, 2.75) is 19.5 Å². The average molecular weight is 368 g/mol. The fraction of sp³-hybridized carbons (Fsp3) is 0.333. The highest BCUT2D eigenvalue weighted by Gasteiger charge is 2.30. The molecule has 0 spiro atoms. The molecule has 6 nitrogen and oxygen atoms in total. The largest absolute Gasteiger partial charge is 0.468 e. The van der Waals surface area contributed by atoms with Crippen LogP contribution < -0.4 is 5.73 Å². The fourth-order valence-corrected chi connectivity index (χ4v) is 3.39. The molecule has 1 heterocycles. The third-order valence-corrected chi connectivity index (χ3v) is 4.85. The molecule has 2 aromatic rings. The van der Waals surface area contributed by atoms with Crippen LogP contribution >= 0.6 is 0 Å². The van der Waals surface area contributed by atoms with Crippen LogP contribution in [-0.4, -0.2) is 49.7 Å². The Labute approximate surface area is 158 Å². The Morgan fingerprint density at radius 3 is 2.78 bits per heavy atom. The monoisotopic (exact) mass is 368 g/mol. The Hall–Kier alpha value is -2.70. The van der Waals surface area contributed by atoms with E-state index in [-0.39, 0.29) is 12.0 Å². The molecule has 142 valence electrons. The second-order valence-electron chi connectivity index (χ2n) is 6.68. The molecule has 2 N–H and O–H groups in total. The Morgan fingerprint density at radius 1 is 1.26 bits per heavy atom. The van der Waals surface area contributed by atoms with E-state index >= 15 is 0 Å². The molecule has 1 aliphatic rings. The summed E-state index contributed by atoms with van der Waals surface area (Å²) in [5.74, 6) is -0.705. The number of nitrogens with zero attached hydrogens (tertiary/aromatic N) is 1. The summed E-state index contributed by atoms with van der Waals surface area (Å²) in [6.45, 7) is 4.22. The number of aryl methyl sites for hydroxylation is 1. The van der Waals surface area contributed by atoms with E-state index in [1.165, 1.54) is 7.11 Å². The number of carbonyl (C=O) groups is 2. The van der Waals surface area contributed by atoms with Crippen LogP contribution in [0.5, 0.6) is 0 Å². The topological polar surface area (TPSA) is 81.9 Å². The molecule has 1 atom stereocenters. The number of hydrogen-bond donors (Lipinski definition) is 1. The maximum Gasteiger partial charge on any atom is 0.325 e. The number of ether oxygens (including phenoxy) is 2. The first-order valence-electron chi connectivity index (χ1n) is 8.89. The first-order chi connectivity index (χ1) is 13.0. The molecule has 1 amide bonds. The Bertz CT molecular complexity index is 850. The first kappa shape index (κ1) is 19.1. The molecule has 0 bridgehead atoms. The molecular formula is C21H24N2O4. The van der Waals surface area contributed by atoms with Crippen molar-refractivity contribution in [2.24, 2.45) is 5.73 Å². The van der Waals surface area contributed by atoms with Gasteiger partial charge in [0.15, 0.2) is 0 Å². The van der Waals surface area contributed by atoms with Crippen LogP contribution in [0.4, 0.5) is 0 Å². The maximum absolute atomic E-state index is 12.0. The predicted octanol–water partition coefficient (Wildman–Crippen LogP) is 2.13. The standard InChI is InChI=1S/C21H24N2O4/c1-14-10-17(20(22)24)6-7-18(14)16-5-3-4-15(11-16)12-23-8-9-27-13-19(23)21(25)26-2/h3-7,10-11,19H,8-9,12-13H2,1-2H3,(H2,22,24)/t19-/m1/s1. The zero-order valence-corrected chi connectivity index (χ0v) is 15.6. The smallest absolute Gasteiger partial charge is 0.325 e. The number of methoxy groups -OCH3 is 1. The van der Waals surface area contributed by atoms with E-state index in [9.17, 15) is 9.59 Å². The third kappa shape index (κ3) is 4.35. The second kappa shape index (κ2) is 8.33. The molecule has 0 radical (unpaired) electrons. The van der Waals surface area contributed by atoms with Gasteiger partial charge in [0, 0.05) is 18.7 Å². The van der Waals surface area contributed by atoms with Gasteiger partial charge in [-0.15, -0.1) is 0 Å². The van der Waals surface area contributed by atoms with Crippen LogP contribution in [0.2, 0.25) is 0 Å². The van der Waals surface area contributed by atoms with Gasteiger partial charge in [-0.2, -0.15) is 0 Å². The number of primary amides is 1. The summed E-state index contributed by atoms with van der Waals surface area (Å²) < 4.78 is 10.3. The lowest BCUT2D eigenvalue weighted by molar-refractivity contribution is -0.153. The summed E-state index contributed by atoms with van der Waals surface area (Å²) in [5, 5.41) is 0. The van der Waals surface area contributed by atoms with E-state index in [0.717, 1.165) is 22.3 Å². The van der Waals surface area contributed by atoms with Crippen molar-refractivity contribution in [3.63, 3.8) is 0 Å². The maximum atomic E-state index is 12.0. The van der Waals surface area contributed by atoms with Crippen molar-refractivity contribution in [3.05, 3.63) is 59.2 Å². The zero-order chi connectivity index (χ0) is 19.4. The summed E-state index contributed by atoms with van der Waals surface area (Å²) in [7, 11) is 1.40. The number of benzene rings is 2. The van der Waals surface area contributed by atoms with Crippen molar-refractivity contribution < 1.29 is 19.1 Å². The van der Waals surface area contributed by atoms with Crippen LogP contribution in [0, 0.1) is 6.92 Å². The molecule has 27 heavy (non-hydrogen) atoms. The number of hydrogen-bond acceptors (Lipinski definition) is 5. The van der Waals surface area contributed by atoms with Gasteiger partial charge in [-0.1, -0.05) is 24.3 Å². The third-order valence-electron chi connectivity index (χ3n) is 4.85. The second-order valence-corrected chi connectivity index (χ2v) is 6.68. The minimum atomic E-state index is -0.431. The molecule has 0 aromatic heterocycles. The predicted molar refractivity (Wildman–Crippen MR) is 102 cm³/mol. The van der Waals surface area contributed by atoms with Gasteiger partial charge in [0.05, 0.1) is 20.3 Å². The number of rotatable bonds is 5. The Morgan fingerprint density at radius 2 is 2.07 bits per heavy atom. The molecule has 1 saturated heterocycles. The van der Waals surface area contributed by atoms with Crippen molar-refractivity contribution >= 4 is 11.9 Å². The van der Waals surface area contributed by atoms with Gasteiger partial charge in [0.25, 0.3) is 0 Å². The van der Waals surface area contributed by atoms with Gasteiger partial charge in [0.2, 0.25) is 5.91 Å². The first-order valence-corrected chi connectivity index (χ1v) is 8.89. The normalized spacial score (nSPS) is 17.5. The van der Waals surface area contributed by atoms with Crippen molar-refractivity contribution in [2.75, 3.05) is 26.9 Å². The molecule has 1 fully saturated rings. The summed E-state index contributed by atoms with van der Waals surface area (Å²) >= 11 is 0. The summed E-state index contributed by atoms with van der Waals surface area (Å²) in [4.78, 5) is 25.4. The highest BCUT2D eigenvalue weighted by molar-refractivity contribution is 5.93. The molecule has 0 saturated carbocycles. The summed E-state index contributed by atoms with van der Waals surface area (Å²) in [5.41, 5.74) is 10.1. The Balaban J connectivity index is 1.83. The lowest BCUT2D eigenvalue weighted by Gasteiger charge is -2.33. The minimum absolute atomic E-state index is 0.274. The van der Waals surface area contributed by atoms with Crippen LogP contribution in [0.1, 0.15) is 21.5 Å². The van der Waals surface area contributed by atoms with Gasteiger partial charge in [-0.05, 0) is 47.4 Å². The van der Waals surface area contributed by atoms with E-state index in [1.807, 2.05) is 31.2 Å². The number of carbonyl (C=O) groups excluding carboxylic acids is 2. The van der Waals surface area contributed by atoms with Crippen LogP contribution in [0.25, 0.3) is 11.1 Å². The molecule has 1 aliphatic heterocycles. The summed E-state index contributed by atoms with van der Waals surface area (Å²) in [6, 6.07) is 13.3. The van der Waals surface area contributed by atoms with Crippen molar-refractivity contribution in [1.82, 2.24) is 4.90 Å². The molecule has 0 unspecified atom stereocenters. The van der Waals surface area contributed by atoms with E-state index in [0.29, 0.717) is 31.9 Å². The SMILES string of the molecule is COC(=O)[C@H]1COCCN1Cc1cccc(-c2ccc(C(N)=O)cc2C)c1. The fourth-order valence-electron chi connectivity index (χ4n) is 3.39. The van der Waals surface area contributed by atoms with Crippen molar-refractivity contribution in [1.29, 1.82) is 0 Å². The van der Waals surface area contributed by atoms with Crippen LogP contribution in [0.3, 0.4) is 0 Å². The highest BCUT2D eigenvalue weighted by atomic mass is 16.5. The van der Waals surface area contributed by atoms with Gasteiger partial charge < -0.3 is 15.2 Å². The molecule has 0 aliphatic carbocycles. The minimum Gasteiger partial charge on any atom is -0.468 e. The van der Waals surface area contributed by atoms with Crippen LogP contribution in [-0.2, 0) is 20.8 Å². The zero-order valence-electron chi connectivity index (χ0n) is 15.6. The molecule has 2 aromatic carbocycles. The van der Waals surface area contributed by atoms with Crippen LogP contribution in [0.15, 0.2) is 42.5 Å². The quantitative estimate of drug-likeness (QED) is 0.818. The number of esters is 1. The average Bonchev–Trinajstić information content (AvgIpc) is 2.68. The summed E-state index contributed by atoms with van der Waals surface area (Å²) in [6.07, 6.45) is 0. The Kier molecular flexibility index (Phi) is 5.88. The van der Waals surface area contributed by atoms with Gasteiger partial charge >= 0.3 is 5.97 Å². The number of nitrogens with two attached hydrogens (primary N) is 1. The van der Waals surface area contributed by atoms with Crippen molar-refractivity contribution in [3.8, 4) is 11.1 Å². The van der Waals surface area contributed by atoms with E-state index in [1.54, 1.807) is 12.1 Å². The molecular weight excluding hydrogens is 344 g/mol. The van der Waals surface area contributed by atoms with Gasteiger partial charge in [0.1, 0.15) is 6.04 Å².